The Balaban J connectivity index is 1.47. The molecule has 1 fully saturated rings. The van der Waals surface area contributed by atoms with Gasteiger partial charge >= 0.3 is 0 Å². The van der Waals surface area contributed by atoms with Crippen molar-refractivity contribution in [2.24, 2.45) is 0 Å². The number of carbonyl (C=O) groups is 2. The van der Waals surface area contributed by atoms with Crippen molar-refractivity contribution in [3.63, 3.8) is 0 Å². The smallest absolute Gasteiger partial charge is 0.259 e. The molecule has 2 heterocycles. The van der Waals surface area contributed by atoms with Gasteiger partial charge in [-0.2, -0.15) is 0 Å². The summed E-state index contributed by atoms with van der Waals surface area (Å²) in [5.41, 5.74) is 3.62. The van der Waals surface area contributed by atoms with Crippen LogP contribution in [-0.4, -0.2) is 28.6 Å². The van der Waals surface area contributed by atoms with Gasteiger partial charge in [0.05, 0.1) is 10.6 Å². The average molecular weight is 427 g/mol. The summed E-state index contributed by atoms with van der Waals surface area (Å²) >= 11 is 7.36. The Hall–Kier alpha value is -2.77. The molecule has 1 aromatic heterocycles. The lowest BCUT2D eigenvalue weighted by Gasteiger charge is -2.17. The van der Waals surface area contributed by atoms with Gasteiger partial charge in [0.2, 0.25) is 11.0 Å². The molecule has 1 atom stereocenters. The zero-order chi connectivity index (χ0) is 20.5. The maximum atomic E-state index is 12.6. The second-order valence-corrected chi connectivity index (χ2v) is 8.47. The minimum atomic E-state index is -0.336. The SMILES string of the molecule is Cc1ccc(N2C[C@H](c3nnc(NC(=O)c4ccccc4Cl)s3)CC2=O)cc1C. The lowest BCUT2D eigenvalue weighted by Crippen LogP contribution is -2.24. The molecule has 0 radical (unpaired) electrons. The monoisotopic (exact) mass is 426 g/mol. The minimum absolute atomic E-state index is 0.0485. The molecular formula is C21H19ClN4O2S. The van der Waals surface area contributed by atoms with Gasteiger partial charge < -0.3 is 4.90 Å². The summed E-state index contributed by atoms with van der Waals surface area (Å²) in [6.45, 7) is 4.64. The van der Waals surface area contributed by atoms with Crippen LogP contribution < -0.4 is 10.2 Å². The summed E-state index contributed by atoms with van der Waals surface area (Å²) in [6, 6.07) is 12.9. The Labute approximate surface area is 177 Å². The molecule has 3 aromatic rings. The lowest BCUT2D eigenvalue weighted by molar-refractivity contribution is -0.117. The van der Waals surface area contributed by atoms with Crippen LogP contribution in [0.2, 0.25) is 5.02 Å². The van der Waals surface area contributed by atoms with E-state index in [-0.39, 0.29) is 17.7 Å². The van der Waals surface area contributed by atoms with E-state index in [4.69, 9.17) is 11.6 Å². The topological polar surface area (TPSA) is 75.2 Å². The molecule has 1 aliphatic rings. The molecule has 0 unspecified atom stereocenters. The highest BCUT2D eigenvalue weighted by atomic mass is 35.5. The van der Waals surface area contributed by atoms with Crippen LogP contribution in [0.1, 0.15) is 38.8 Å². The molecule has 6 nitrogen and oxygen atoms in total. The molecule has 0 spiro atoms. The molecule has 1 aliphatic heterocycles. The van der Waals surface area contributed by atoms with Crippen molar-refractivity contribution < 1.29 is 9.59 Å². The number of hydrogen-bond acceptors (Lipinski definition) is 5. The predicted molar refractivity (Wildman–Crippen MR) is 115 cm³/mol. The van der Waals surface area contributed by atoms with Crippen molar-refractivity contribution in [3.05, 3.63) is 69.2 Å². The number of halogens is 1. The highest BCUT2D eigenvalue weighted by Crippen LogP contribution is 2.35. The molecule has 8 heteroatoms. The summed E-state index contributed by atoms with van der Waals surface area (Å²) in [6.07, 6.45) is 0.375. The predicted octanol–water partition coefficient (Wildman–Crippen LogP) is 4.58. The fraction of sp³-hybridized carbons (Fsp3) is 0.238. The third-order valence-corrected chi connectivity index (χ3v) is 6.39. The first-order valence-corrected chi connectivity index (χ1v) is 10.4. The highest BCUT2D eigenvalue weighted by molar-refractivity contribution is 7.15. The van der Waals surface area contributed by atoms with Gasteiger partial charge in [-0.3, -0.25) is 14.9 Å². The summed E-state index contributed by atoms with van der Waals surface area (Å²) < 4.78 is 0. The van der Waals surface area contributed by atoms with E-state index in [2.05, 4.69) is 15.5 Å². The van der Waals surface area contributed by atoms with Crippen LogP contribution in [0.3, 0.4) is 0 Å². The first kappa shape index (κ1) is 19.5. The number of aryl methyl sites for hydroxylation is 2. The number of carbonyl (C=O) groups excluding carboxylic acids is 2. The first-order valence-electron chi connectivity index (χ1n) is 9.19. The van der Waals surface area contributed by atoms with E-state index in [1.165, 1.54) is 16.9 Å². The standard InChI is InChI=1S/C21H19ClN4O2S/c1-12-7-8-15(9-13(12)2)26-11-14(10-18(26)27)20-24-25-21(29-20)23-19(28)16-5-3-4-6-17(16)22/h3-9,14H,10-11H2,1-2H3,(H,23,25,28)/t14-/m1/s1. The molecule has 4 rings (SSSR count). The van der Waals surface area contributed by atoms with E-state index in [1.54, 1.807) is 29.2 Å². The van der Waals surface area contributed by atoms with Crippen LogP contribution in [0.5, 0.6) is 0 Å². The number of hydrogen-bond donors (Lipinski definition) is 1. The molecule has 2 amide bonds. The zero-order valence-electron chi connectivity index (χ0n) is 16.0. The summed E-state index contributed by atoms with van der Waals surface area (Å²) in [4.78, 5) is 26.7. The van der Waals surface area contributed by atoms with Crippen molar-refractivity contribution in [2.45, 2.75) is 26.2 Å². The Morgan fingerprint density at radius 1 is 1.17 bits per heavy atom. The molecule has 148 valence electrons. The number of nitrogens with zero attached hydrogens (tertiary/aromatic N) is 3. The number of anilines is 2. The Kier molecular flexibility index (Phi) is 5.34. The van der Waals surface area contributed by atoms with E-state index in [0.717, 1.165) is 16.3 Å². The van der Waals surface area contributed by atoms with Crippen LogP contribution in [0.4, 0.5) is 10.8 Å². The maximum Gasteiger partial charge on any atom is 0.259 e. The second kappa shape index (κ2) is 7.93. The molecule has 0 bridgehead atoms. The van der Waals surface area contributed by atoms with Crippen LogP contribution in [0, 0.1) is 13.8 Å². The van der Waals surface area contributed by atoms with Gasteiger partial charge in [-0.15, -0.1) is 10.2 Å². The molecule has 1 N–H and O–H groups in total. The lowest BCUT2D eigenvalue weighted by atomic mass is 10.1. The van der Waals surface area contributed by atoms with Gasteiger partial charge in [0.15, 0.2) is 0 Å². The van der Waals surface area contributed by atoms with Crippen LogP contribution in [0.25, 0.3) is 0 Å². The summed E-state index contributed by atoms with van der Waals surface area (Å²) in [5, 5.41) is 12.5. The van der Waals surface area contributed by atoms with Crippen LogP contribution in [0.15, 0.2) is 42.5 Å². The van der Waals surface area contributed by atoms with Crippen molar-refractivity contribution in [1.82, 2.24) is 10.2 Å². The summed E-state index contributed by atoms with van der Waals surface area (Å²) in [7, 11) is 0. The molecule has 1 saturated heterocycles. The van der Waals surface area contributed by atoms with Crippen molar-refractivity contribution in [3.8, 4) is 0 Å². The number of benzene rings is 2. The van der Waals surface area contributed by atoms with Gasteiger partial charge in [-0.25, -0.2) is 0 Å². The van der Waals surface area contributed by atoms with E-state index < -0.39 is 0 Å². The third kappa shape index (κ3) is 4.02. The van der Waals surface area contributed by atoms with Gasteiger partial charge in [0.1, 0.15) is 5.01 Å². The zero-order valence-corrected chi connectivity index (χ0v) is 17.5. The van der Waals surface area contributed by atoms with E-state index in [9.17, 15) is 9.59 Å². The fourth-order valence-corrected chi connectivity index (χ4v) is 4.33. The van der Waals surface area contributed by atoms with Gasteiger partial charge in [0.25, 0.3) is 5.91 Å². The van der Waals surface area contributed by atoms with Crippen molar-refractivity contribution in [1.29, 1.82) is 0 Å². The van der Waals surface area contributed by atoms with Crippen LogP contribution >= 0.6 is 22.9 Å². The molecule has 2 aromatic carbocycles. The average Bonchev–Trinajstić information content (AvgIpc) is 3.31. The number of rotatable bonds is 4. The highest BCUT2D eigenvalue weighted by Gasteiger charge is 2.34. The van der Waals surface area contributed by atoms with Crippen LogP contribution in [-0.2, 0) is 4.79 Å². The Morgan fingerprint density at radius 2 is 1.97 bits per heavy atom. The van der Waals surface area contributed by atoms with E-state index in [0.29, 0.717) is 28.7 Å². The molecule has 0 saturated carbocycles. The van der Waals surface area contributed by atoms with Crippen molar-refractivity contribution >= 4 is 45.6 Å². The fourth-order valence-electron chi connectivity index (χ4n) is 3.28. The largest absolute Gasteiger partial charge is 0.312 e. The second-order valence-electron chi connectivity index (χ2n) is 7.05. The Bertz CT molecular complexity index is 1100. The van der Waals surface area contributed by atoms with Gasteiger partial charge in [0, 0.05) is 24.6 Å². The van der Waals surface area contributed by atoms with Gasteiger partial charge in [-0.05, 0) is 49.2 Å². The van der Waals surface area contributed by atoms with Gasteiger partial charge in [-0.1, -0.05) is 41.1 Å². The number of amides is 2. The molecule has 29 heavy (non-hydrogen) atoms. The first-order chi connectivity index (χ1) is 13.9. The summed E-state index contributed by atoms with van der Waals surface area (Å²) in [5.74, 6) is -0.319. The quantitative estimate of drug-likeness (QED) is 0.662. The Morgan fingerprint density at radius 3 is 2.72 bits per heavy atom. The van der Waals surface area contributed by atoms with E-state index >= 15 is 0 Å². The third-order valence-electron chi connectivity index (χ3n) is 5.06. The number of aromatic nitrogens is 2. The number of nitrogens with one attached hydrogen (secondary N) is 1. The maximum absolute atomic E-state index is 12.6. The van der Waals surface area contributed by atoms with E-state index in [1.807, 2.05) is 32.0 Å². The normalized spacial score (nSPS) is 16.3. The minimum Gasteiger partial charge on any atom is -0.312 e. The molecular weight excluding hydrogens is 408 g/mol. The van der Waals surface area contributed by atoms with Crippen molar-refractivity contribution in [2.75, 3.05) is 16.8 Å². The molecule has 0 aliphatic carbocycles.